The van der Waals surface area contributed by atoms with Crippen molar-refractivity contribution in [3.63, 3.8) is 0 Å². The molecule has 3 N–H and O–H groups in total. The van der Waals surface area contributed by atoms with Gasteiger partial charge < -0.3 is 20.9 Å². The molecule has 3 heterocycles. The minimum atomic E-state index is -0.653. The minimum Gasteiger partial charge on any atom is -0.398 e. The Morgan fingerprint density at radius 2 is 2.04 bits per heavy atom. The van der Waals surface area contributed by atoms with Gasteiger partial charge in [0.2, 0.25) is 5.91 Å². The number of hydrogen-bond acceptors (Lipinski definition) is 5. The van der Waals surface area contributed by atoms with E-state index in [1.807, 2.05) is 6.07 Å². The van der Waals surface area contributed by atoms with Crippen LogP contribution in [-0.4, -0.2) is 60.3 Å². The molecule has 0 aliphatic carbocycles. The predicted molar refractivity (Wildman–Crippen MR) is 104 cm³/mol. The molecule has 1 aromatic carbocycles. The summed E-state index contributed by atoms with van der Waals surface area (Å²) in [6.07, 6.45) is 1.59. The number of benzene rings is 1. The summed E-state index contributed by atoms with van der Waals surface area (Å²) in [6.45, 7) is 3.47. The second kappa shape index (κ2) is 6.19. The Morgan fingerprint density at radius 1 is 1.32 bits per heavy atom. The second-order valence-corrected chi connectivity index (χ2v) is 7.72. The van der Waals surface area contributed by atoms with Crippen LogP contribution in [-0.2, 0) is 10.2 Å². The number of carbonyl (C=O) groups is 2. The summed E-state index contributed by atoms with van der Waals surface area (Å²) in [7, 11) is 3.11. The van der Waals surface area contributed by atoms with E-state index in [1.54, 1.807) is 38.2 Å². The highest BCUT2D eigenvalue weighted by Gasteiger charge is 2.50. The normalized spacial score (nSPS) is 16.4. The van der Waals surface area contributed by atoms with Crippen LogP contribution >= 0.6 is 0 Å². The largest absolute Gasteiger partial charge is 0.398 e. The number of nitrogens with two attached hydrogens (primary N) is 1. The molecule has 2 aliphatic rings. The number of anilines is 2. The van der Waals surface area contributed by atoms with E-state index in [4.69, 9.17) is 5.73 Å². The third-order valence-corrected chi connectivity index (χ3v) is 5.59. The zero-order valence-corrected chi connectivity index (χ0v) is 16.0. The van der Waals surface area contributed by atoms with Gasteiger partial charge in [-0.15, -0.1) is 0 Å². The first-order chi connectivity index (χ1) is 13.2. The van der Waals surface area contributed by atoms with Gasteiger partial charge in [0.1, 0.15) is 11.6 Å². The topological polar surface area (TPSA) is 91.6 Å². The fourth-order valence-corrected chi connectivity index (χ4v) is 3.95. The van der Waals surface area contributed by atoms with E-state index in [0.717, 1.165) is 11.4 Å². The Kier molecular flexibility index (Phi) is 4.02. The number of aromatic nitrogens is 1. The van der Waals surface area contributed by atoms with E-state index in [-0.39, 0.29) is 28.1 Å². The summed E-state index contributed by atoms with van der Waals surface area (Å²) in [5.74, 6) is -0.341. The van der Waals surface area contributed by atoms with Gasteiger partial charge in [0, 0.05) is 69.2 Å². The molecule has 146 valence electrons. The molecular weight excluding hydrogens is 361 g/mol. The average Bonchev–Trinajstić information content (AvgIpc) is 2.99. The summed E-state index contributed by atoms with van der Waals surface area (Å²) in [6, 6.07) is 5.01. The maximum atomic E-state index is 15.2. The van der Waals surface area contributed by atoms with Crippen molar-refractivity contribution in [2.45, 2.75) is 12.3 Å². The highest BCUT2D eigenvalue weighted by Crippen LogP contribution is 2.44. The molecule has 8 heteroatoms. The third kappa shape index (κ3) is 2.59. The van der Waals surface area contributed by atoms with Crippen molar-refractivity contribution in [1.29, 1.82) is 0 Å². The lowest BCUT2D eigenvalue weighted by molar-refractivity contribution is -0.135. The van der Waals surface area contributed by atoms with Crippen LogP contribution < -0.4 is 11.1 Å². The molecule has 7 nitrogen and oxygen atoms in total. The number of fused-ring (bicyclic) bond motifs is 2. The molecule has 4 rings (SSSR count). The first kappa shape index (κ1) is 18.2. The number of pyridine rings is 1. The van der Waals surface area contributed by atoms with Crippen molar-refractivity contribution in [3.8, 4) is 11.1 Å². The van der Waals surface area contributed by atoms with E-state index in [0.29, 0.717) is 25.2 Å². The van der Waals surface area contributed by atoms with Crippen molar-refractivity contribution < 1.29 is 14.0 Å². The molecule has 2 aliphatic heterocycles. The van der Waals surface area contributed by atoms with Crippen LogP contribution in [0, 0.1) is 5.82 Å². The molecule has 1 saturated heterocycles. The Morgan fingerprint density at radius 3 is 2.68 bits per heavy atom. The van der Waals surface area contributed by atoms with Gasteiger partial charge in [-0.25, -0.2) is 9.37 Å². The van der Waals surface area contributed by atoms with Crippen molar-refractivity contribution in [2.75, 3.05) is 44.8 Å². The van der Waals surface area contributed by atoms with Gasteiger partial charge in [-0.2, -0.15) is 0 Å². The number of halogens is 1. The average molecular weight is 383 g/mol. The smallest absolute Gasteiger partial charge is 0.258 e. The van der Waals surface area contributed by atoms with Crippen LogP contribution in [0.2, 0.25) is 0 Å². The van der Waals surface area contributed by atoms with E-state index < -0.39 is 11.7 Å². The van der Waals surface area contributed by atoms with Gasteiger partial charge in [-0.3, -0.25) is 9.59 Å². The number of carbonyl (C=O) groups excluding carboxylic acids is 2. The van der Waals surface area contributed by atoms with Crippen molar-refractivity contribution >= 4 is 23.3 Å². The molecule has 2 aromatic rings. The zero-order chi connectivity index (χ0) is 20.2. The van der Waals surface area contributed by atoms with E-state index in [9.17, 15) is 9.59 Å². The van der Waals surface area contributed by atoms with Crippen LogP contribution in [0.25, 0.3) is 11.1 Å². The highest BCUT2D eigenvalue weighted by molar-refractivity contribution is 6.00. The molecule has 0 radical (unpaired) electrons. The lowest BCUT2D eigenvalue weighted by atomic mass is 9.75. The summed E-state index contributed by atoms with van der Waals surface area (Å²) in [5.41, 5.74) is 7.46. The molecule has 0 atom stereocenters. The van der Waals surface area contributed by atoms with Crippen molar-refractivity contribution in [2.24, 2.45) is 0 Å². The molecule has 0 saturated carbocycles. The number of likely N-dealkylation sites (tertiary alicyclic amines) is 1. The van der Waals surface area contributed by atoms with Crippen LogP contribution in [0.1, 0.15) is 22.8 Å². The van der Waals surface area contributed by atoms with Gasteiger partial charge in [0.05, 0.1) is 11.0 Å². The minimum absolute atomic E-state index is 0.0413. The molecule has 1 aromatic heterocycles. The Bertz CT molecular complexity index is 998. The molecular formula is C20H22FN5O2. The number of hydrogen-bond donors (Lipinski definition) is 2. The van der Waals surface area contributed by atoms with E-state index in [2.05, 4.69) is 10.3 Å². The van der Waals surface area contributed by atoms with E-state index in [1.165, 1.54) is 11.0 Å². The molecule has 1 spiro atoms. The molecule has 2 amide bonds. The number of rotatable bonds is 2. The monoisotopic (exact) mass is 383 g/mol. The number of nitrogens with zero attached hydrogens (tertiary/aromatic N) is 3. The van der Waals surface area contributed by atoms with Gasteiger partial charge in [-0.1, -0.05) is 0 Å². The maximum Gasteiger partial charge on any atom is 0.258 e. The summed E-state index contributed by atoms with van der Waals surface area (Å²) < 4.78 is 15.2. The fourth-order valence-electron chi connectivity index (χ4n) is 3.95. The maximum absolute atomic E-state index is 15.2. The predicted octanol–water partition coefficient (Wildman–Crippen LogP) is 1.70. The lowest BCUT2D eigenvalue weighted by Crippen LogP contribution is -2.61. The Labute approximate surface area is 162 Å². The quantitative estimate of drug-likeness (QED) is 0.770. The van der Waals surface area contributed by atoms with Gasteiger partial charge in [0.15, 0.2) is 0 Å². The number of amides is 2. The van der Waals surface area contributed by atoms with Gasteiger partial charge in [0.25, 0.3) is 5.91 Å². The van der Waals surface area contributed by atoms with Gasteiger partial charge in [-0.05, 0) is 18.2 Å². The molecule has 28 heavy (non-hydrogen) atoms. The number of nitrogens with one attached hydrogen (secondary N) is 1. The fraction of sp³-hybridized carbons (Fsp3) is 0.350. The second-order valence-electron chi connectivity index (χ2n) is 7.72. The first-order valence-electron chi connectivity index (χ1n) is 9.03. The van der Waals surface area contributed by atoms with Crippen molar-refractivity contribution in [1.82, 2.24) is 14.8 Å². The molecule has 1 fully saturated rings. The summed E-state index contributed by atoms with van der Waals surface area (Å²) >= 11 is 0. The van der Waals surface area contributed by atoms with Crippen LogP contribution in [0.4, 0.5) is 15.9 Å². The Balaban J connectivity index is 1.76. The summed E-state index contributed by atoms with van der Waals surface area (Å²) in [4.78, 5) is 31.5. The summed E-state index contributed by atoms with van der Waals surface area (Å²) in [5, 5.41) is 3.28. The first-order valence-corrected chi connectivity index (χ1v) is 9.03. The zero-order valence-electron chi connectivity index (χ0n) is 16.0. The standard InChI is InChI=1S/C20H22FN5O2/c1-11(27)26-9-20(10-26)8-24-18-14(20)6-12(7-23-18)13-4-5-15(22)16(17(13)21)19(28)25(2)3/h4-7H,8-10,22H2,1-3H3,(H,23,24). The SMILES string of the molecule is CC(=O)N1CC2(CNc3ncc(-c4ccc(N)c(C(=O)N(C)C)c4F)cc32)C1. The Hall–Kier alpha value is -3.16. The van der Waals surface area contributed by atoms with Gasteiger partial charge >= 0.3 is 0 Å². The van der Waals surface area contributed by atoms with Crippen LogP contribution in [0.3, 0.4) is 0 Å². The van der Waals surface area contributed by atoms with Crippen LogP contribution in [0.5, 0.6) is 0 Å². The van der Waals surface area contributed by atoms with E-state index >= 15 is 4.39 Å². The number of nitrogen functional groups attached to an aromatic ring is 1. The molecule has 0 unspecified atom stereocenters. The van der Waals surface area contributed by atoms with Crippen LogP contribution in [0.15, 0.2) is 24.4 Å². The molecule has 0 bridgehead atoms. The van der Waals surface area contributed by atoms with Crippen molar-refractivity contribution in [3.05, 3.63) is 41.3 Å². The lowest BCUT2D eigenvalue weighted by Gasteiger charge is -2.47. The highest BCUT2D eigenvalue weighted by atomic mass is 19.1. The third-order valence-electron chi connectivity index (χ3n) is 5.59.